The van der Waals surface area contributed by atoms with E-state index in [-0.39, 0.29) is 0 Å². The molecule has 0 radical (unpaired) electrons. The highest BCUT2D eigenvalue weighted by molar-refractivity contribution is 5.25. The molecule has 4 heteroatoms. The summed E-state index contributed by atoms with van der Waals surface area (Å²) in [5.74, 6) is 0.755. The van der Waals surface area contributed by atoms with Crippen LogP contribution >= 0.6 is 0 Å². The molecule has 0 bridgehead atoms. The minimum absolute atomic E-state index is 0.755. The van der Waals surface area contributed by atoms with Gasteiger partial charge >= 0.3 is 0 Å². The summed E-state index contributed by atoms with van der Waals surface area (Å²) in [6, 6.07) is 4.07. The number of rotatable bonds is 4. The van der Waals surface area contributed by atoms with Crippen molar-refractivity contribution in [3.63, 3.8) is 0 Å². The number of nitrogens with zero attached hydrogens (tertiary/aromatic N) is 3. The summed E-state index contributed by atoms with van der Waals surface area (Å²) in [7, 11) is 1.68. The molecule has 94 valence electrons. The molecule has 0 unspecified atom stereocenters. The molecule has 1 aliphatic heterocycles. The number of hydrogen-bond acceptors (Lipinski definition) is 4. The Labute approximate surface area is 103 Å². The zero-order chi connectivity index (χ0) is 12.1. The highest BCUT2D eigenvalue weighted by Crippen LogP contribution is 2.16. The maximum Gasteiger partial charge on any atom is 0.217 e. The van der Waals surface area contributed by atoms with Gasteiger partial charge in [-0.2, -0.15) is 0 Å². The van der Waals surface area contributed by atoms with Crippen LogP contribution in [0.25, 0.3) is 0 Å². The van der Waals surface area contributed by atoms with Gasteiger partial charge in [0.05, 0.1) is 7.11 Å². The molecule has 2 heterocycles. The third kappa shape index (κ3) is 3.17. The van der Waals surface area contributed by atoms with Crippen molar-refractivity contribution in [3.8, 4) is 5.88 Å². The summed E-state index contributed by atoms with van der Waals surface area (Å²) >= 11 is 0. The minimum atomic E-state index is 0.755. The molecule has 1 aromatic heterocycles. The van der Waals surface area contributed by atoms with Gasteiger partial charge in [-0.05, 0) is 12.6 Å². The van der Waals surface area contributed by atoms with Crippen molar-refractivity contribution in [2.24, 2.45) is 0 Å². The quantitative estimate of drug-likeness (QED) is 0.785. The first-order valence-electron chi connectivity index (χ1n) is 6.26. The van der Waals surface area contributed by atoms with Crippen LogP contribution in [-0.4, -0.2) is 54.6 Å². The van der Waals surface area contributed by atoms with Crippen LogP contribution in [-0.2, 0) is 6.54 Å². The van der Waals surface area contributed by atoms with Crippen molar-refractivity contribution in [3.05, 3.63) is 23.9 Å². The number of methoxy groups -OCH3 is 1. The van der Waals surface area contributed by atoms with Gasteiger partial charge in [-0.25, -0.2) is 4.98 Å². The van der Waals surface area contributed by atoms with Crippen molar-refractivity contribution in [1.82, 2.24) is 14.8 Å². The lowest BCUT2D eigenvalue weighted by atomic mass is 10.2. The summed E-state index contributed by atoms with van der Waals surface area (Å²) in [5.41, 5.74) is 1.18. The van der Waals surface area contributed by atoms with Gasteiger partial charge in [0.1, 0.15) is 0 Å². The Morgan fingerprint density at radius 3 is 2.59 bits per heavy atom. The summed E-state index contributed by atoms with van der Waals surface area (Å²) in [6.45, 7) is 8.91. The van der Waals surface area contributed by atoms with E-state index in [9.17, 15) is 0 Å². The Balaban J connectivity index is 1.93. The number of hydrogen-bond donors (Lipinski definition) is 0. The molecule has 0 aromatic carbocycles. The molecule has 2 rings (SSSR count). The van der Waals surface area contributed by atoms with E-state index in [2.05, 4.69) is 27.8 Å². The molecule has 0 aliphatic carbocycles. The lowest BCUT2D eigenvalue weighted by Gasteiger charge is -2.34. The van der Waals surface area contributed by atoms with Gasteiger partial charge in [-0.3, -0.25) is 4.90 Å². The summed E-state index contributed by atoms with van der Waals surface area (Å²) < 4.78 is 5.28. The molecule has 1 aromatic rings. The summed E-state index contributed by atoms with van der Waals surface area (Å²) in [6.07, 6.45) is 1.78. The zero-order valence-electron chi connectivity index (χ0n) is 10.7. The maximum atomic E-state index is 5.28. The van der Waals surface area contributed by atoms with E-state index in [4.69, 9.17) is 4.74 Å². The van der Waals surface area contributed by atoms with Gasteiger partial charge in [0.2, 0.25) is 5.88 Å². The average Bonchev–Trinajstić information content (AvgIpc) is 2.40. The van der Waals surface area contributed by atoms with Gasteiger partial charge < -0.3 is 9.64 Å². The topological polar surface area (TPSA) is 28.6 Å². The Kier molecular flexibility index (Phi) is 4.34. The second-order valence-corrected chi connectivity index (χ2v) is 4.38. The largest absolute Gasteiger partial charge is 0.481 e. The molecule has 0 N–H and O–H groups in total. The SMILES string of the molecule is CCN1CCN(Cc2cccnc2OC)CC1. The van der Waals surface area contributed by atoms with E-state index in [1.165, 1.54) is 18.7 Å². The lowest BCUT2D eigenvalue weighted by molar-refractivity contribution is 0.131. The first-order chi connectivity index (χ1) is 8.33. The fraction of sp³-hybridized carbons (Fsp3) is 0.615. The van der Waals surface area contributed by atoms with Crippen molar-refractivity contribution < 1.29 is 4.74 Å². The average molecular weight is 235 g/mol. The van der Waals surface area contributed by atoms with Crippen molar-refractivity contribution in [1.29, 1.82) is 0 Å². The Hall–Kier alpha value is -1.13. The van der Waals surface area contributed by atoms with Gasteiger partial charge in [0.25, 0.3) is 0 Å². The van der Waals surface area contributed by atoms with Crippen LogP contribution in [0.1, 0.15) is 12.5 Å². The van der Waals surface area contributed by atoms with Gasteiger partial charge in [-0.1, -0.05) is 13.0 Å². The van der Waals surface area contributed by atoms with Crippen molar-refractivity contribution >= 4 is 0 Å². The summed E-state index contributed by atoms with van der Waals surface area (Å²) in [4.78, 5) is 9.18. The van der Waals surface area contributed by atoms with Crippen LogP contribution in [0.2, 0.25) is 0 Å². The van der Waals surface area contributed by atoms with Gasteiger partial charge in [-0.15, -0.1) is 0 Å². The molecule has 4 nitrogen and oxygen atoms in total. The number of ether oxygens (including phenoxy) is 1. The van der Waals surface area contributed by atoms with Crippen LogP contribution in [0, 0.1) is 0 Å². The molecule has 1 aliphatic rings. The number of piperazine rings is 1. The van der Waals surface area contributed by atoms with E-state index in [0.29, 0.717) is 0 Å². The normalized spacial score (nSPS) is 18.2. The van der Waals surface area contributed by atoms with Gasteiger partial charge in [0.15, 0.2) is 0 Å². The Bertz CT molecular complexity index is 348. The van der Waals surface area contributed by atoms with Crippen LogP contribution < -0.4 is 4.74 Å². The van der Waals surface area contributed by atoms with Crippen molar-refractivity contribution in [2.45, 2.75) is 13.5 Å². The van der Waals surface area contributed by atoms with Crippen LogP contribution in [0.4, 0.5) is 0 Å². The number of pyridine rings is 1. The zero-order valence-corrected chi connectivity index (χ0v) is 10.7. The van der Waals surface area contributed by atoms with E-state index >= 15 is 0 Å². The molecule has 1 saturated heterocycles. The number of likely N-dealkylation sites (N-methyl/N-ethyl adjacent to an activating group) is 1. The third-order valence-electron chi connectivity index (χ3n) is 3.35. The monoisotopic (exact) mass is 235 g/mol. The fourth-order valence-electron chi connectivity index (χ4n) is 2.23. The molecule has 0 saturated carbocycles. The number of aromatic nitrogens is 1. The second-order valence-electron chi connectivity index (χ2n) is 4.38. The first-order valence-corrected chi connectivity index (χ1v) is 6.26. The molecule has 0 atom stereocenters. The lowest BCUT2D eigenvalue weighted by Crippen LogP contribution is -2.45. The van der Waals surface area contributed by atoms with Crippen LogP contribution in [0.3, 0.4) is 0 Å². The standard InChI is InChI=1S/C13H21N3O/c1-3-15-7-9-16(10-8-15)11-12-5-4-6-14-13(12)17-2/h4-6H,3,7-11H2,1-2H3. The van der Waals surface area contributed by atoms with E-state index < -0.39 is 0 Å². The molecule has 0 amide bonds. The van der Waals surface area contributed by atoms with Crippen LogP contribution in [0.5, 0.6) is 5.88 Å². The fourth-order valence-corrected chi connectivity index (χ4v) is 2.23. The smallest absolute Gasteiger partial charge is 0.217 e. The Morgan fingerprint density at radius 1 is 1.24 bits per heavy atom. The predicted molar refractivity (Wildman–Crippen MR) is 68.2 cm³/mol. The second kappa shape index (κ2) is 5.98. The predicted octanol–water partition coefficient (Wildman–Crippen LogP) is 1.23. The first kappa shape index (κ1) is 12.3. The molecule has 1 fully saturated rings. The maximum absolute atomic E-state index is 5.28. The van der Waals surface area contributed by atoms with Crippen molar-refractivity contribution in [2.75, 3.05) is 39.8 Å². The minimum Gasteiger partial charge on any atom is -0.481 e. The van der Waals surface area contributed by atoms with E-state index in [1.807, 2.05) is 6.07 Å². The van der Waals surface area contributed by atoms with E-state index in [0.717, 1.165) is 32.1 Å². The third-order valence-corrected chi connectivity index (χ3v) is 3.35. The molecule has 0 spiro atoms. The van der Waals surface area contributed by atoms with Crippen LogP contribution in [0.15, 0.2) is 18.3 Å². The highest BCUT2D eigenvalue weighted by Gasteiger charge is 2.16. The van der Waals surface area contributed by atoms with E-state index in [1.54, 1.807) is 13.3 Å². The summed E-state index contributed by atoms with van der Waals surface area (Å²) in [5, 5.41) is 0. The highest BCUT2D eigenvalue weighted by atomic mass is 16.5. The molecular weight excluding hydrogens is 214 g/mol. The van der Waals surface area contributed by atoms with Gasteiger partial charge in [0, 0.05) is 44.5 Å². The Morgan fingerprint density at radius 2 is 1.94 bits per heavy atom. The molecule has 17 heavy (non-hydrogen) atoms. The molecular formula is C13H21N3O.